The molecule has 0 N–H and O–H groups in total. The van der Waals surface area contributed by atoms with Crippen LogP contribution in [0.3, 0.4) is 0 Å². The van der Waals surface area contributed by atoms with Gasteiger partial charge in [0.15, 0.2) is 5.78 Å². The molecule has 6 heteroatoms. The first kappa shape index (κ1) is 14.6. The molecule has 1 heterocycles. The molecule has 0 spiro atoms. The lowest BCUT2D eigenvalue weighted by Gasteiger charge is -2.21. The van der Waals surface area contributed by atoms with Crippen LogP contribution in [-0.4, -0.2) is 22.7 Å². The first-order chi connectivity index (χ1) is 9.99. The van der Waals surface area contributed by atoms with Gasteiger partial charge in [0.1, 0.15) is 0 Å². The highest BCUT2D eigenvalue weighted by Crippen LogP contribution is 2.26. The molecule has 0 bridgehead atoms. The second-order valence-electron chi connectivity index (χ2n) is 4.73. The quantitative estimate of drug-likeness (QED) is 0.479. The van der Waals surface area contributed by atoms with Gasteiger partial charge in [0.2, 0.25) is 0 Å². The highest BCUT2D eigenvalue weighted by Gasteiger charge is 2.16. The minimum Gasteiger partial charge on any atom is -0.370 e. The number of nitro benzene ring substituents is 1. The van der Waals surface area contributed by atoms with Gasteiger partial charge in [-0.05, 0) is 24.6 Å². The highest BCUT2D eigenvalue weighted by molar-refractivity contribution is 6.00. The first-order valence-electron chi connectivity index (χ1n) is 6.38. The molecule has 0 radical (unpaired) electrons. The standard InChI is InChI=1S/C15H15N3O3/c1-11(19)14-8-13(18(20)21)5-6-15(14)17(2)10-12-4-3-7-16-9-12/h3-9H,10H2,1-2H3. The Balaban J connectivity index is 2.34. The lowest BCUT2D eigenvalue weighted by molar-refractivity contribution is -0.384. The van der Waals surface area contributed by atoms with Gasteiger partial charge < -0.3 is 4.90 Å². The molecular formula is C15H15N3O3. The molecule has 0 aliphatic rings. The number of anilines is 1. The van der Waals surface area contributed by atoms with Crippen molar-refractivity contribution < 1.29 is 9.72 Å². The molecule has 2 aromatic rings. The number of benzene rings is 1. The van der Waals surface area contributed by atoms with E-state index < -0.39 is 4.92 Å². The maximum absolute atomic E-state index is 11.7. The third-order valence-electron chi connectivity index (χ3n) is 3.12. The van der Waals surface area contributed by atoms with Crippen LogP contribution in [0.5, 0.6) is 0 Å². The Morgan fingerprint density at radius 1 is 1.38 bits per heavy atom. The zero-order chi connectivity index (χ0) is 15.4. The van der Waals surface area contributed by atoms with Gasteiger partial charge in [0.05, 0.1) is 4.92 Å². The summed E-state index contributed by atoms with van der Waals surface area (Å²) in [6, 6.07) is 8.09. The summed E-state index contributed by atoms with van der Waals surface area (Å²) >= 11 is 0. The van der Waals surface area contributed by atoms with E-state index in [4.69, 9.17) is 0 Å². The van der Waals surface area contributed by atoms with E-state index in [9.17, 15) is 14.9 Å². The number of rotatable bonds is 5. The molecule has 0 aliphatic carbocycles. The Morgan fingerprint density at radius 3 is 2.71 bits per heavy atom. The second-order valence-corrected chi connectivity index (χ2v) is 4.73. The average Bonchev–Trinajstić information content (AvgIpc) is 2.47. The first-order valence-corrected chi connectivity index (χ1v) is 6.38. The third-order valence-corrected chi connectivity index (χ3v) is 3.12. The summed E-state index contributed by atoms with van der Waals surface area (Å²) in [6.45, 7) is 1.96. The Labute approximate surface area is 122 Å². The summed E-state index contributed by atoms with van der Waals surface area (Å²) in [5.74, 6) is -0.202. The van der Waals surface area contributed by atoms with E-state index >= 15 is 0 Å². The summed E-state index contributed by atoms with van der Waals surface area (Å²) in [7, 11) is 1.83. The largest absolute Gasteiger partial charge is 0.370 e. The number of ketones is 1. The van der Waals surface area contributed by atoms with Crippen molar-refractivity contribution in [2.75, 3.05) is 11.9 Å². The summed E-state index contributed by atoms with van der Waals surface area (Å²) in [4.78, 5) is 28.0. The van der Waals surface area contributed by atoms with Gasteiger partial charge in [-0.15, -0.1) is 0 Å². The van der Waals surface area contributed by atoms with Crippen LogP contribution in [0, 0.1) is 10.1 Å². The third kappa shape index (κ3) is 3.42. The molecule has 1 aromatic carbocycles. The average molecular weight is 285 g/mol. The van der Waals surface area contributed by atoms with Gasteiger partial charge in [0, 0.05) is 49.4 Å². The van der Waals surface area contributed by atoms with Crippen molar-refractivity contribution >= 4 is 17.2 Å². The summed E-state index contributed by atoms with van der Waals surface area (Å²) in [6.07, 6.45) is 3.44. The van der Waals surface area contributed by atoms with Crippen molar-refractivity contribution in [1.29, 1.82) is 0 Å². The zero-order valence-corrected chi connectivity index (χ0v) is 11.8. The van der Waals surface area contributed by atoms with E-state index in [-0.39, 0.29) is 11.5 Å². The molecule has 2 rings (SSSR count). The number of nitro groups is 1. The van der Waals surface area contributed by atoms with Crippen LogP contribution in [0.2, 0.25) is 0 Å². The molecule has 0 atom stereocenters. The van der Waals surface area contributed by atoms with Gasteiger partial charge in [-0.2, -0.15) is 0 Å². The van der Waals surface area contributed by atoms with Crippen LogP contribution in [-0.2, 0) is 6.54 Å². The molecule has 0 unspecified atom stereocenters. The van der Waals surface area contributed by atoms with Crippen LogP contribution in [0.1, 0.15) is 22.8 Å². The molecule has 0 fully saturated rings. The minimum atomic E-state index is -0.503. The SMILES string of the molecule is CC(=O)c1cc([N+](=O)[O-])ccc1N(C)Cc1cccnc1. The molecule has 0 saturated carbocycles. The lowest BCUT2D eigenvalue weighted by atomic mass is 10.1. The van der Waals surface area contributed by atoms with E-state index in [0.29, 0.717) is 17.8 Å². The predicted molar refractivity (Wildman–Crippen MR) is 79.4 cm³/mol. The number of aromatic nitrogens is 1. The van der Waals surface area contributed by atoms with E-state index in [1.807, 2.05) is 24.1 Å². The Bertz CT molecular complexity index is 671. The number of carbonyl (C=O) groups excluding carboxylic acids is 1. The van der Waals surface area contributed by atoms with Gasteiger partial charge in [-0.25, -0.2) is 0 Å². The van der Waals surface area contributed by atoms with Gasteiger partial charge in [-0.3, -0.25) is 19.9 Å². The number of non-ortho nitro benzene ring substituents is 1. The van der Waals surface area contributed by atoms with Crippen molar-refractivity contribution in [2.24, 2.45) is 0 Å². The van der Waals surface area contributed by atoms with E-state index in [1.54, 1.807) is 18.5 Å². The second kappa shape index (κ2) is 6.13. The van der Waals surface area contributed by atoms with Crippen molar-refractivity contribution in [3.05, 3.63) is 64.0 Å². The number of hydrogen-bond donors (Lipinski definition) is 0. The normalized spacial score (nSPS) is 10.2. The molecule has 21 heavy (non-hydrogen) atoms. The maximum Gasteiger partial charge on any atom is 0.270 e. The minimum absolute atomic E-state index is 0.0845. The maximum atomic E-state index is 11.7. The number of pyridine rings is 1. The summed E-state index contributed by atoms with van der Waals surface area (Å²) < 4.78 is 0. The monoisotopic (exact) mass is 285 g/mol. The van der Waals surface area contributed by atoms with E-state index in [0.717, 1.165) is 5.56 Å². The number of hydrogen-bond acceptors (Lipinski definition) is 5. The smallest absolute Gasteiger partial charge is 0.270 e. The van der Waals surface area contributed by atoms with Crippen molar-refractivity contribution in [1.82, 2.24) is 4.98 Å². The number of Topliss-reactive ketones (excluding diaryl/α,β-unsaturated/α-hetero) is 1. The highest BCUT2D eigenvalue weighted by atomic mass is 16.6. The van der Waals surface area contributed by atoms with Crippen LogP contribution in [0.4, 0.5) is 11.4 Å². The van der Waals surface area contributed by atoms with Crippen molar-refractivity contribution in [2.45, 2.75) is 13.5 Å². The van der Waals surface area contributed by atoms with Gasteiger partial charge >= 0.3 is 0 Å². The summed E-state index contributed by atoms with van der Waals surface area (Å²) in [5, 5.41) is 10.8. The van der Waals surface area contributed by atoms with Gasteiger partial charge in [-0.1, -0.05) is 6.07 Å². The van der Waals surface area contributed by atoms with Gasteiger partial charge in [0.25, 0.3) is 5.69 Å². The zero-order valence-electron chi connectivity index (χ0n) is 11.8. The Kier molecular flexibility index (Phi) is 4.27. The Hall–Kier alpha value is -2.76. The molecule has 108 valence electrons. The van der Waals surface area contributed by atoms with Crippen molar-refractivity contribution in [3.8, 4) is 0 Å². The van der Waals surface area contributed by atoms with Crippen LogP contribution < -0.4 is 4.90 Å². The fraction of sp³-hybridized carbons (Fsp3) is 0.200. The molecular weight excluding hydrogens is 270 g/mol. The lowest BCUT2D eigenvalue weighted by Crippen LogP contribution is -2.19. The molecule has 0 saturated heterocycles. The Morgan fingerprint density at radius 2 is 2.14 bits per heavy atom. The molecule has 0 amide bonds. The van der Waals surface area contributed by atoms with E-state index in [1.165, 1.54) is 19.1 Å². The molecule has 6 nitrogen and oxygen atoms in total. The topological polar surface area (TPSA) is 76.3 Å². The fourth-order valence-electron chi connectivity index (χ4n) is 2.10. The fourth-order valence-corrected chi connectivity index (χ4v) is 2.10. The van der Waals surface area contributed by atoms with Crippen LogP contribution >= 0.6 is 0 Å². The van der Waals surface area contributed by atoms with Crippen molar-refractivity contribution in [3.63, 3.8) is 0 Å². The molecule has 1 aromatic heterocycles. The number of nitrogens with zero attached hydrogens (tertiary/aromatic N) is 3. The predicted octanol–water partition coefficient (Wildman–Crippen LogP) is 2.83. The number of carbonyl (C=O) groups is 1. The van der Waals surface area contributed by atoms with Crippen LogP contribution in [0.15, 0.2) is 42.7 Å². The van der Waals surface area contributed by atoms with Crippen LogP contribution in [0.25, 0.3) is 0 Å². The van der Waals surface area contributed by atoms with E-state index in [2.05, 4.69) is 4.98 Å². The molecule has 0 aliphatic heterocycles. The summed E-state index contributed by atoms with van der Waals surface area (Å²) in [5.41, 5.74) is 1.92.